The highest BCUT2D eigenvalue weighted by Crippen LogP contribution is 2.37. The van der Waals surface area contributed by atoms with Crippen LogP contribution in [0.5, 0.6) is 0 Å². The van der Waals surface area contributed by atoms with E-state index in [0.717, 1.165) is 36.8 Å². The molecular formula is C32H40Cl4F2. The van der Waals surface area contributed by atoms with Crippen LogP contribution in [-0.2, 0) is 16.2 Å². The molecule has 0 amide bonds. The fourth-order valence-electron chi connectivity index (χ4n) is 3.90. The summed E-state index contributed by atoms with van der Waals surface area (Å²) in [5.74, 6) is -0.886. The Kier molecular flexibility index (Phi) is 12.2. The molecule has 0 N–H and O–H groups in total. The van der Waals surface area contributed by atoms with Gasteiger partial charge in [-0.2, -0.15) is 0 Å². The summed E-state index contributed by atoms with van der Waals surface area (Å²) in [6.45, 7) is 21.7. The molecule has 0 fully saturated rings. The van der Waals surface area contributed by atoms with E-state index in [0.29, 0.717) is 5.56 Å². The van der Waals surface area contributed by atoms with E-state index < -0.39 is 17.0 Å². The smallest absolute Gasteiger partial charge is 0.132 e. The summed E-state index contributed by atoms with van der Waals surface area (Å²) in [4.78, 5) is 0. The molecule has 3 aromatic carbocycles. The minimum absolute atomic E-state index is 0.000185. The second-order valence-electron chi connectivity index (χ2n) is 12.5. The number of hydrogen-bond acceptors (Lipinski definition) is 0. The van der Waals surface area contributed by atoms with Crippen LogP contribution < -0.4 is 0 Å². The fourth-order valence-corrected chi connectivity index (χ4v) is 5.80. The van der Waals surface area contributed by atoms with Crippen LogP contribution >= 0.6 is 46.4 Å². The molecule has 3 aromatic rings. The van der Waals surface area contributed by atoms with Crippen molar-refractivity contribution in [2.24, 2.45) is 0 Å². The predicted octanol–water partition coefficient (Wildman–Crippen LogP) is 12.5. The number of rotatable bonds is 0. The van der Waals surface area contributed by atoms with E-state index in [1.165, 1.54) is 12.1 Å². The maximum absolute atomic E-state index is 13.5. The molecule has 210 valence electrons. The molecule has 3 rings (SSSR count). The minimum atomic E-state index is -0.486. The quantitative estimate of drug-likeness (QED) is 0.240. The van der Waals surface area contributed by atoms with Crippen molar-refractivity contribution in [3.05, 3.63) is 102 Å². The third kappa shape index (κ3) is 9.40. The van der Waals surface area contributed by atoms with Crippen LogP contribution in [0.1, 0.15) is 90.1 Å². The van der Waals surface area contributed by atoms with Crippen LogP contribution in [0.3, 0.4) is 0 Å². The number of aryl methyl sites for hydroxylation is 2. The molecule has 0 nitrogen and oxygen atoms in total. The van der Waals surface area contributed by atoms with Gasteiger partial charge in [-0.1, -0.05) is 127 Å². The van der Waals surface area contributed by atoms with Crippen LogP contribution in [0.2, 0.25) is 20.1 Å². The lowest BCUT2D eigenvalue weighted by Crippen LogP contribution is -2.16. The average Bonchev–Trinajstić information content (AvgIpc) is 2.72. The highest BCUT2D eigenvalue weighted by Gasteiger charge is 2.24. The third-order valence-corrected chi connectivity index (χ3v) is 7.21. The highest BCUT2D eigenvalue weighted by molar-refractivity contribution is 6.37. The van der Waals surface area contributed by atoms with E-state index >= 15 is 0 Å². The Bertz CT molecular complexity index is 1160. The van der Waals surface area contributed by atoms with Crippen molar-refractivity contribution in [3.8, 4) is 0 Å². The second kappa shape index (κ2) is 13.4. The van der Waals surface area contributed by atoms with Crippen LogP contribution in [0.25, 0.3) is 0 Å². The van der Waals surface area contributed by atoms with Gasteiger partial charge < -0.3 is 0 Å². The van der Waals surface area contributed by atoms with Gasteiger partial charge in [-0.05, 0) is 76.6 Å². The maximum Gasteiger partial charge on any atom is 0.132 e. The van der Waals surface area contributed by atoms with Gasteiger partial charge in [0.15, 0.2) is 0 Å². The summed E-state index contributed by atoms with van der Waals surface area (Å²) in [6.07, 6.45) is 0. The standard InChI is InChI=1S/C11H14Cl2.C11H14F2.C10H12Cl2/c2*1-7-5-6-8(12)9(10(7)13)11(2,3)4;1-10(2,3)9-7(11)5-4-6-8(9)12/h2*5-6H,1-4H3;4-6H,1-3H3. The van der Waals surface area contributed by atoms with E-state index in [9.17, 15) is 8.78 Å². The van der Waals surface area contributed by atoms with Crippen molar-refractivity contribution >= 4 is 46.4 Å². The fraction of sp³-hybridized carbons (Fsp3) is 0.438. The monoisotopic (exact) mass is 602 g/mol. The maximum atomic E-state index is 13.5. The second-order valence-corrected chi connectivity index (χ2v) is 14.1. The molecule has 0 saturated heterocycles. The van der Waals surface area contributed by atoms with E-state index in [1.54, 1.807) is 27.7 Å². The zero-order valence-electron chi connectivity index (χ0n) is 24.3. The van der Waals surface area contributed by atoms with Crippen molar-refractivity contribution < 1.29 is 8.78 Å². The Morgan fingerprint density at radius 1 is 0.500 bits per heavy atom. The van der Waals surface area contributed by atoms with Gasteiger partial charge in [0.05, 0.1) is 0 Å². The first-order chi connectivity index (χ1) is 17.1. The van der Waals surface area contributed by atoms with Crippen LogP contribution in [0.4, 0.5) is 8.78 Å². The van der Waals surface area contributed by atoms with Crippen molar-refractivity contribution in [2.75, 3.05) is 0 Å². The first-order valence-corrected chi connectivity index (χ1v) is 14.0. The molecular weight excluding hydrogens is 564 g/mol. The van der Waals surface area contributed by atoms with Gasteiger partial charge in [0.1, 0.15) is 11.6 Å². The Morgan fingerprint density at radius 3 is 1.24 bits per heavy atom. The summed E-state index contributed by atoms with van der Waals surface area (Å²) in [5.41, 5.74) is 3.33. The topological polar surface area (TPSA) is 0 Å². The molecule has 0 aromatic heterocycles. The van der Waals surface area contributed by atoms with Crippen molar-refractivity contribution in [3.63, 3.8) is 0 Å². The third-order valence-electron chi connectivity index (χ3n) is 5.78. The molecule has 0 saturated carbocycles. The lowest BCUT2D eigenvalue weighted by Gasteiger charge is -2.23. The van der Waals surface area contributed by atoms with Crippen molar-refractivity contribution in [2.45, 2.75) is 92.4 Å². The lowest BCUT2D eigenvalue weighted by atomic mass is 9.85. The van der Waals surface area contributed by atoms with E-state index in [4.69, 9.17) is 46.4 Å². The molecule has 0 spiro atoms. The van der Waals surface area contributed by atoms with Gasteiger partial charge in [-0.3, -0.25) is 0 Å². The van der Waals surface area contributed by atoms with Gasteiger partial charge in [-0.15, -0.1) is 0 Å². The normalized spacial score (nSPS) is 11.8. The lowest BCUT2D eigenvalue weighted by molar-refractivity contribution is 0.472. The average molecular weight is 604 g/mol. The SMILES string of the molecule is CC(C)(C)c1c(Cl)cccc1Cl.Cc1ccc(Cl)c(C(C)(C)C)c1Cl.Cc1ccc(F)c(C(C)(C)C)c1F. The molecule has 0 aliphatic heterocycles. The summed E-state index contributed by atoms with van der Waals surface area (Å²) in [7, 11) is 0. The predicted molar refractivity (Wildman–Crippen MR) is 165 cm³/mol. The molecule has 6 heteroatoms. The zero-order chi connectivity index (χ0) is 29.8. The molecule has 0 heterocycles. The first kappa shape index (κ1) is 34.7. The number of halogens is 6. The molecule has 38 heavy (non-hydrogen) atoms. The van der Waals surface area contributed by atoms with Gasteiger partial charge in [0.25, 0.3) is 0 Å². The van der Waals surface area contributed by atoms with Crippen LogP contribution in [0.15, 0.2) is 42.5 Å². The van der Waals surface area contributed by atoms with Crippen LogP contribution in [-0.4, -0.2) is 0 Å². The van der Waals surface area contributed by atoms with Crippen molar-refractivity contribution in [1.29, 1.82) is 0 Å². The Balaban J connectivity index is 0.000000285. The number of hydrogen-bond donors (Lipinski definition) is 0. The number of benzene rings is 3. The first-order valence-electron chi connectivity index (χ1n) is 12.4. The minimum Gasteiger partial charge on any atom is -0.207 e. The summed E-state index contributed by atoms with van der Waals surface area (Å²) in [5, 5.41) is 3.04. The van der Waals surface area contributed by atoms with Crippen LogP contribution in [0, 0.1) is 25.5 Å². The Labute approximate surface area is 248 Å². The van der Waals surface area contributed by atoms with Crippen molar-refractivity contribution in [1.82, 2.24) is 0 Å². The van der Waals surface area contributed by atoms with Gasteiger partial charge in [0.2, 0.25) is 0 Å². The molecule has 0 radical (unpaired) electrons. The highest BCUT2D eigenvalue weighted by atomic mass is 35.5. The molecule has 0 bridgehead atoms. The van der Waals surface area contributed by atoms with E-state index in [1.807, 2.05) is 37.3 Å². The molecule has 0 aliphatic rings. The largest absolute Gasteiger partial charge is 0.207 e. The molecule has 0 aliphatic carbocycles. The summed E-state index contributed by atoms with van der Waals surface area (Å²) < 4.78 is 26.8. The van der Waals surface area contributed by atoms with Gasteiger partial charge in [-0.25, -0.2) is 8.78 Å². The summed E-state index contributed by atoms with van der Waals surface area (Å²) >= 11 is 24.4. The Morgan fingerprint density at radius 2 is 0.895 bits per heavy atom. The van der Waals surface area contributed by atoms with E-state index in [2.05, 4.69) is 41.5 Å². The Hall–Kier alpha value is -1.32. The summed E-state index contributed by atoms with van der Waals surface area (Å²) in [6, 6.07) is 12.2. The zero-order valence-corrected chi connectivity index (χ0v) is 27.3. The molecule has 0 atom stereocenters. The van der Waals surface area contributed by atoms with Gasteiger partial charge >= 0.3 is 0 Å². The molecule has 0 unspecified atom stereocenters. The van der Waals surface area contributed by atoms with E-state index in [-0.39, 0.29) is 16.4 Å². The van der Waals surface area contributed by atoms with Gasteiger partial charge in [0, 0.05) is 25.7 Å².